The lowest BCUT2D eigenvalue weighted by molar-refractivity contribution is -0.385. The molecule has 0 aromatic heterocycles. The fourth-order valence-electron chi connectivity index (χ4n) is 2.23. The van der Waals surface area contributed by atoms with Gasteiger partial charge in [0.15, 0.2) is 12.4 Å². The molecule has 142 valence electrons. The minimum Gasteiger partial charge on any atom is -0.490 e. The number of nitro groups is 1. The minimum absolute atomic E-state index is 0.141. The number of hydrogen-bond acceptors (Lipinski definition) is 6. The molecule has 0 saturated carbocycles. The molecule has 8 nitrogen and oxygen atoms in total. The van der Waals surface area contributed by atoms with Crippen LogP contribution in [-0.2, 0) is 4.79 Å². The van der Waals surface area contributed by atoms with E-state index in [9.17, 15) is 14.9 Å². The Hall–Kier alpha value is -3.55. The Bertz CT molecular complexity index is 880. The predicted molar refractivity (Wildman–Crippen MR) is 101 cm³/mol. The van der Waals surface area contributed by atoms with E-state index in [-0.39, 0.29) is 18.0 Å². The van der Waals surface area contributed by atoms with Crippen molar-refractivity contribution in [3.05, 3.63) is 69.8 Å². The van der Waals surface area contributed by atoms with Crippen LogP contribution in [0.2, 0.25) is 0 Å². The summed E-state index contributed by atoms with van der Waals surface area (Å²) in [4.78, 5) is 22.4. The maximum atomic E-state index is 11.9. The lowest BCUT2D eigenvalue weighted by Gasteiger charge is -2.13. The van der Waals surface area contributed by atoms with E-state index in [4.69, 9.17) is 9.47 Å². The van der Waals surface area contributed by atoms with Gasteiger partial charge in [-0.3, -0.25) is 25.8 Å². The normalized spacial score (nSPS) is 10.0. The summed E-state index contributed by atoms with van der Waals surface area (Å²) in [5.74, 6) is 0.317. The highest BCUT2D eigenvalue weighted by Gasteiger charge is 2.16. The predicted octanol–water partition coefficient (Wildman–Crippen LogP) is 2.89. The van der Waals surface area contributed by atoms with Crippen LogP contribution in [0.1, 0.15) is 16.7 Å². The van der Waals surface area contributed by atoms with Crippen molar-refractivity contribution >= 4 is 17.3 Å². The van der Waals surface area contributed by atoms with Gasteiger partial charge in [0.05, 0.1) is 17.7 Å². The second kappa shape index (κ2) is 8.70. The highest BCUT2D eigenvalue weighted by molar-refractivity contribution is 5.78. The van der Waals surface area contributed by atoms with Crippen molar-refractivity contribution in [2.24, 2.45) is 0 Å². The molecule has 0 fully saturated rings. The molecular formula is C19H21N3O5. The number of carbonyl (C=O) groups is 1. The van der Waals surface area contributed by atoms with Crippen molar-refractivity contribution in [2.45, 2.75) is 13.8 Å². The molecule has 0 aliphatic heterocycles. The van der Waals surface area contributed by atoms with Crippen LogP contribution in [0, 0.1) is 24.0 Å². The zero-order chi connectivity index (χ0) is 20.0. The third-order valence-electron chi connectivity index (χ3n) is 3.93. The van der Waals surface area contributed by atoms with Gasteiger partial charge in [-0.05, 0) is 49.2 Å². The fourth-order valence-corrected chi connectivity index (χ4v) is 2.23. The number of methoxy groups -OCH3 is 1. The maximum Gasteiger partial charge on any atom is 0.311 e. The van der Waals surface area contributed by atoms with Crippen LogP contribution < -0.4 is 20.3 Å². The van der Waals surface area contributed by atoms with Crippen molar-refractivity contribution in [2.75, 3.05) is 13.7 Å². The second-order valence-electron chi connectivity index (χ2n) is 5.83. The number of rotatable bonds is 8. The molecule has 0 bridgehead atoms. The second-order valence-corrected chi connectivity index (χ2v) is 5.83. The summed E-state index contributed by atoms with van der Waals surface area (Å²) >= 11 is 0. The molecule has 0 heterocycles. The van der Waals surface area contributed by atoms with Crippen LogP contribution >= 0.6 is 0 Å². The number of carbonyl (C=O) groups excluding carboxylic acids is 1. The molecule has 27 heavy (non-hydrogen) atoms. The summed E-state index contributed by atoms with van der Waals surface area (Å²) < 4.78 is 10.4. The molecule has 2 aromatic rings. The summed E-state index contributed by atoms with van der Waals surface area (Å²) in [6.45, 7) is 7.52. The highest BCUT2D eigenvalue weighted by Crippen LogP contribution is 2.29. The van der Waals surface area contributed by atoms with Crippen LogP contribution in [0.3, 0.4) is 0 Å². The van der Waals surface area contributed by atoms with E-state index in [1.807, 2.05) is 26.0 Å². The van der Waals surface area contributed by atoms with Crippen LogP contribution in [0.5, 0.6) is 11.5 Å². The van der Waals surface area contributed by atoms with Gasteiger partial charge < -0.3 is 9.47 Å². The molecule has 2 rings (SSSR count). The number of amides is 1. The van der Waals surface area contributed by atoms with Crippen molar-refractivity contribution < 1.29 is 19.2 Å². The molecule has 0 aliphatic carbocycles. The highest BCUT2D eigenvalue weighted by atomic mass is 16.6. The van der Waals surface area contributed by atoms with E-state index < -0.39 is 10.8 Å². The third-order valence-corrected chi connectivity index (χ3v) is 3.93. The topological polar surface area (TPSA) is 103 Å². The molecule has 0 radical (unpaired) electrons. The first-order chi connectivity index (χ1) is 12.8. The first-order valence-corrected chi connectivity index (χ1v) is 8.08. The van der Waals surface area contributed by atoms with Crippen molar-refractivity contribution in [1.29, 1.82) is 0 Å². The van der Waals surface area contributed by atoms with Gasteiger partial charge in [0.1, 0.15) is 5.75 Å². The van der Waals surface area contributed by atoms with E-state index in [1.54, 1.807) is 12.1 Å². The Morgan fingerprint density at radius 1 is 1.15 bits per heavy atom. The molecule has 2 N–H and O–H groups in total. The molecule has 1 amide bonds. The minimum atomic E-state index is -0.550. The number of nitrogens with zero attached hydrogens (tertiary/aromatic N) is 1. The zero-order valence-electron chi connectivity index (χ0n) is 15.4. The van der Waals surface area contributed by atoms with Gasteiger partial charge in [-0.2, -0.15) is 0 Å². The molecule has 8 heteroatoms. The molecule has 0 spiro atoms. The Morgan fingerprint density at radius 2 is 1.89 bits per heavy atom. The standard InChI is InChI=1S/C19H21N3O5/c1-12-5-7-16(9-13(12)2)27-11-19(23)21-20-14(3)15-6-8-18(26-4)17(10-15)22(24)25/h5-10,20H,3,11H2,1-2,4H3,(H,21,23). The number of aryl methyl sites for hydroxylation is 2. The number of benzene rings is 2. The monoisotopic (exact) mass is 371 g/mol. The van der Waals surface area contributed by atoms with E-state index in [0.717, 1.165) is 11.1 Å². The SMILES string of the molecule is C=C(NNC(=O)COc1ccc(C)c(C)c1)c1ccc(OC)c([N+](=O)[O-])c1. The number of nitro benzene ring substituents is 1. The lowest BCUT2D eigenvalue weighted by atomic mass is 10.1. The zero-order valence-corrected chi connectivity index (χ0v) is 15.4. The van der Waals surface area contributed by atoms with E-state index >= 15 is 0 Å². The van der Waals surface area contributed by atoms with Crippen LogP contribution in [0.15, 0.2) is 43.0 Å². The smallest absolute Gasteiger partial charge is 0.311 e. The van der Waals surface area contributed by atoms with Crippen molar-refractivity contribution in [3.63, 3.8) is 0 Å². The Labute approximate surface area is 156 Å². The van der Waals surface area contributed by atoms with Gasteiger partial charge in [0.25, 0.3) is 5.91 Å². The fraction of sp³-hybridized carbons (Fsp3) is 0.211. The average Bonchev–Trinajstić information content (AvgIpc) is 2.66. The molecular weight excluding hydrogens is 350 g/mol. The first kappa shape index (κ1) is 19.8. The number of nitrogens with one attached hydrogen (secondary N) is 2. The largest absolute Gasteiger partial charge is 0.490 e. The Morgan fingerprint density at radius 3 is 2.52 bits per heavy atom. The number of ether oxygens (including phenoxy) is 2. The molecule has 0 saturated heterocycles. The van der Waals surface area contributed by atoms with Gasteiger partial charge >= 0.3 is 5.69 Å². The first-order valence-electron chi connectivity index (χ1n) is 8.08. The summed E-state index contributed by atoms with van der Waals surface area (Å²) in [7, 11) is 1.35. The van der Waals surface area contributed by atoms with Crippen molar-refractivity contribution in [3.8, 4) is 11.5 Å². The lowest BCUT2D eigenvalue weighted by Crippen LogP contribution is -2.39. The summed E-state index contributed by atoms with van der Waals surface area (Å²) in [5.41, 5.74) is 7.81. The van der Waals surface area contributed by atoms with Gasteiger partial charge in [-0.15, -0.1) is 0 Å². The van der Waals surface area contributed by atoms with Gasteiger partial charge in [0, 0.05) is 11.6 Å². The van der Waals surface area contributed by atoms with E-state index in [2.05, 4.69) is 17.4 Å². The van der Waals surface area contributed by atoms with Crippen LogP contribution in [0.25, 0.3) is 5.70 Å². The maximum absolute atomic E-state index is 11.9. The average molecular weight is 371 g/mol. The van der Waals surface area contributed by atoms with Gasteiger partial charge in [-0.1, -0.05) is 12.6 Å². The Balaban J connectivity index is 1.91. The molecule has 2 aromatic carbocycles. The van der Waals surface area contributed by atoms with Crippen LogP contribution in [0.4, 0.5) is 5.69 Å². The number of hydrazine groups is 1. The Kier molecular flexibility index (Phi) is 6.37. The molecule has 0 unspecified atom stereocenters. The molecule has 0 aliphatic rings. The molecule has 0 atom stereocenters. The van der Waals surface area contributed by atoms with Crippen LogP contribution in [-0.4, -0.2) is 24.5 Å². The van der Waals surface area contributed by atoms with E-state index in [0.29, 0.717) is 17.0 Å². The summed E-state index contributed by atoms with van der Waals surface area (Å²) in [6.07, 6.45) is 0. The van der Waals surface area contributed by atoms with E-state index in [1.165, 1.54) is 19.2 Å². The number of hydrogen-bond donors (Lipinski definition) is 2. The third kappa shape index (κ3) is 5.21. The van der Waals surface area contributed by atoms with Gasteiger partial charge in [0.2, 0.25) is 0 Å². The summed E-state index contributed by atoms with van der Waals surface area (Å²) in [6, 6.07) is 9.93. The van der Waals surface area contributed by atoms with Gasteiger partial charge in [-0.25, -0.2) is 0 Å². The quantitative estimate of drug-likeness (QED) is 0.546. The van der Waals surface area contributed by atoms with Crippen molar-refractivity contribution in [1.82, 2.24) is 10.9 Å². The summed E-state index contributed by atoms with van der Waals surface area (Å²) in [5, 5.41) is 11.1.